The Morgan fingerprint density at radius 1 is 1.62 bits per heavy atom. The topological polar surface area (TPSA) is 64.3 Å². The van der Waals surface area contributed by atoms with Crippen molar-refractivity contribution in [1.29, 1.82) is 0 Å². The quantitative estimate of drug-likeness (QED) is 0.502. The number of halogens is 3. The van der Waals surface area contributed by atoms with Gasteiger partial charge in [-0.05, 0) is 19.1 Å². The molecule has 0 amide bonds. The molecule has 0 heterocycles. The predicted octanol–water partition coefficient (Wildman–Crippen LogP) is 2.36. The minimum absolute atomic E-state index is 0. The molecule has 4 nitrogen and oxygen atoms in total. The lowest BCUT2D eigenvalue weighted by Crippen LogP contribution is -2.11. The number of nitrogens with one attached hydrogen (secondary N) is 1. The van der Waals surface area contributed by atoms with E-state index in [0.29, 0.717) is 0 Å². The molecule has 7 heteroatoms. The number of carbonyl (C=O) groups is 1. The second-order valence-electron chi connectivity index (χ2n) is 2.68. The summed E-state index contributed by atoms with van der Waals surface area (Å²) in [5.41, 5.74) is 2.18. The average molecular weight is 269 g/mol. The molecule has 0 aliphatic carbocycles. The molecule has 3 N–H and O–H groups in total. The Labute approximate surface area is 103 Å². The molecule has 0 atom stereocenters. The van der Waals surface area contributed by atoms with Crippen LogP contribution in [0.1, 0.15) is 17.3 Å². The van der Waals surface area contributed by atoms with Crippen LogP contribution in [0.25, 0.3) is 0 Å². The van der Waals surface area contributed by atoms with E-state index < -0.39 is 11.8 Å². The molecule has 1 aromatic carbocycles. The molecule has 0 saturated heterocycles. The third-order valence-corrected chi connectivity index (χ3v) is 2.02. The van der Waals surface area contributed by atoms with Gasteiger partial charge in [-0.15, -0.1) is 12.4 Å². The van der Waals surface area contributed by atoms with Crippen LogP contribution in [0, 0.1) is 5.82 Å². The summed E-state index contributed by atoms with van der Waals surface area (Å²) in [5.74, 6) is 3.82. The number of benzene rings is 1. The Bertz CT molecular complexity index is 388. The van der Waals surface area contributed by atoms with Crippen LogP contribution in [0.2, 0.25) is 5.02 Å². The van der Waals surface area contributed by atoms with Crippen LogP contribution >= 0.6 is 24.0 Å². The summed E-state index contributed by atoms with van der Waals surface area (Å²) in [7, 11) is 0. The molecule has 0 aromatic heterocycles. The van der Waals surface area contributed by atoms with Gasteiger partial charge in [0.05, 0.1) is 22.9 Å². The van der Waals surface area contributed by atoms with E-state index in [-0.39, 0.29) is 35.3 Å². The first-order valence-corrected chi connectivity index (χ1v) is 4.60. The van der Waals surface area contributed by atoms with E-state index in [4.69, 9.17) is 22.2 Å². The fraction of sp³-hybridized carbons (Fsp3) is 0.222. The Hall–Kier alpha value is -1.04. The Kier molecular flexibility index (Phi) is 6.10. The van der Waals surface area contributed by atoms with Gasteiger partial charge < -0.3 is 10.2 Å². The molecule has 0 radical (unpaired) electrons. The molecule has 0 bridgehead atoms. The van der Waals surface area contributed by atoms with Crippen molar-refractivity contribution in [3.63, 3.8) is 0 Å². The number of hydrogen-bond donors (Lipinski definition) is 2. The maximum Gasteiger partial charge on any atom is 0.339 e. The van der Waals surface area contributed by atoms with Gasteiger partial charge in [0, 0.05) is 0 Å². The second kappa shape index (κ2) is 6.52. The summed E-state index contributed by atoms with van der Waals surface area (Å²) in [4.78, 5) is 11.3. The Morgan fingerprint density at radius 2 is 2.25 bits per heavy atom. The minimum Gasteiger partial charge on any atom is -0.462 e. The monoisotopic (exact) mass is 268 g/mol. The maximum absolute atomic E-state index is 13.1. The van der Waals surface area contributed by atoms with Gasteiger partial charge in [-0.25, -0.2) is 9.18 Å². The van der Waals surface area contributed by atoms with E-state index in [1.807, 2.05) is 0 Å². The number of carbonyl (C=O) groups excluding carboxylic acids is 1. The molecule has 0 fully saturated rings. The van der Waals surface area contributed by atoms with Crippen LogP contribution in [-0.2, 0) is 4.74 Å². The molecule has 90 valence electrons. The number of hydrazine groups is 1. The number of anilines is 1. The lowest BCUT2D eigenvalue weighted by atomic mass is 10.2. The van der Waals surface area contributed by atoms with Crippen LogP contribution in [-0.4, -0.2) is 12.6 Å². The highest BCUT2D eigenvalue weighted by Gasteiger charge is 2.15. The van der Waals surface area contributed by atoms with Gasteiger partial charge in [-0.3, -0.25) is 5.84 Å². The summed E-state index contributed by atoms with van der Waals surface area (Å²) in [6, 6.07) is 2.21. The van der Waals surface area contributed by atoms with E-state index in [0.717, 1.165) is 6.07 Å². The number of rotatable bonds is 3. The summed E-state index contributed by atoms with van der Waals surface area (Å²) >= 11 is 5.68. The first-order valence-electron chi connectivity index (χ1n) is 4.23. The van der Waals surface area contributed by atoms with Gasteiger partial charge in [0.1, 0.15) is 5.82 Å². The Balaban J connectivity index is 0.00000225. The maximum atomic E-state index is 13.1. The molecule has 1 aromatic rings. The highest BCUT2D eigenvalue weighted by atomic mass is 35.5. The Morgan fingerprint density at radius 3 is 2.75 bits per heavy atom. The van der Waals surface area contributed by atoms with E-state index in [2.05, 4.69) is 5.43 Å². The van der Waals surface area contributed by atoms with Crippen molar-refractivity contribution >= 4 is 35.7 Å². The fourth-order valence-electron chi connectivity index (χ4n) is 1.02. The standard InChI is InChI=1S/C9H10ClFN2O2.ClH/c1-2-15-9(14)5-3-8(13-12)7(11)4-6(5)10;/h3-4,13H,2,12H2,1H3;1H. The van der Waals surface area contributed by atoms with Gasteiger partial charge in [0.25, 0.3) is 0 Å². The van der Waals surface area contributed by atoms with Gasteiger partial charge >= 0.3 is 5.97 Å². The normalized spacial score (nSPS) is 9.25. The number of ether oxygens (including phenoxy) is 1. The molecule has 1 rings (SSSR count). The highest BCUT2D eigenvalue weighted by Crippen LogP contribution is 2.24. The molecule has 0 saturated carbocycles. The number of esters is 1. The lowest BCUT2D eigenvalue weighted by molar-refractivity contribution is 0.0526. The predicted molar refractivity (Wildman–Crippen MR) is 62.4 cm³/mol. The van der Waals surface area contributed by atoms with Crippen LogP contribution in [0.4, 0.5) is 10.1 Å². The number of nitrogen functional groups attached to an aromatic ring is 1. The third kappa shape index (κ3) is 3.23. The zero-order chi connectivity index (χ0) is 11.4. The summed E-state index contributed by atoms with van der Waals surface area (Å²) in [6.07, 6.45) is 0. The van der Waals surface area contributed by atoms with Crippen molar-refractivity contribution in [3.05, 3.63) is 28.5 Å². The van der Waals surface area contributed by atoms with Gasteiger partial charge in [-0.1, -0.05) is 11.6 Å². The smallest absolute Gasteiger partial charge is 0.339 e. The summed E-state index contributed by atoms with van der Waals surface area (Å²) in [6.45, 7) is 1.88. The van der Waals surface area contributed by atoms with Crippen molar-refractivity contribution in [2.24, 2.45) is 5.84 Å². The molecule has 0 aliphatic rings. The minimum atomic E-state index is -0.629. The molecule has 0 unspecified atom stereocenters. The van der Waals surface area contributed by atoms with Crippen LogP contribution in [0.15, 0.2) is 12.1 Å². The van der Waals surface area contributed by atoms with E-state index in [1.54, 1.807) is 6.92 Å². The first kappa shape index (κ1) is 15.0. The zero-order valence-corrected chi connectivity index (χ0v) is 9.99. The van der Waals surface area contributed by atoms with E-state index >= 15 is 0 Å². The average Bonchev–Trinajstić information content (AvgIpc) is 2.18. The fourth-order valence-corrected chi connectivity index (χ4v) is 1.25. The summed E-state index contributed by atoms with van der Waals surface area (Å²) in [5, 5.41) is -0.00931. The van der Waals surface area contributed by atoms with E-state index in [9.17, 15) is 9.18 Å². The van der Waals surface area contributed by atoms with Crippen molar-refractivity contribution in [2.45, 2.75) is 6.92 Å². The van der Waals surface area contributed by atoms with Crippen LogP contribution in [0.3, 0.4) is 0 Å². The van der Waals surface area contributed by atoms with Crippen LogP contribution < -0.4 is 11.3 Å². The second-order valence-corrected chi connectivity index (χ2v) is 3.08. The highest BCUT2D eigenvalue weighted by molar-refractivity contribution is 6.33. The van der Waals surface area contributed by atoms with E-state index in [1.165, 1.54) is 6.07 Å². The summed E-state index contributed by atoms with van der Waals surface area (Å²) < 4.78 is 17.8. The molecular formula is C9H11Cl2FN2O2. The zero-order valence-electron chi connectivity index (χ0n) is 8.42. The van der Waals surface area contributed by atoms with Crippen molar-refractivity contribution in [2.75, 3.05) is 12.0 Å². The van der Waals surface area contributed by atoms with Gasteiger partial charge in [-0.2, -0.15) is 0 Å². The number of hydrogen-bond acceptors (Lipinski definition) is 4. The molecule has 0 aliphatic heterocycles. The lowest BCUT2D eigenvalue weighted by Gasteiger charge is -2.07. The van der Waals surface area contributed by atoms with Crippen molar-refractivity contribution in [3.8, 4) is 0 Å². The van der Waals surface area contributed by atoms with Crippen LogP contribution in [0.5, 0.6) is 0 Å². The largest absolute Gasteiger partial charge is 0.462 e. The first-order chi connectivity index (χ1) is 7.10. The van der Waals surface area contributed by atoms with Crippen molar-refractivity contribution in [1.82, 2.24) is 0 Å². The third-order valence-electron chi connectivity index (χ3n) is 1.71. The SMILES string of the molecule is CCOC(=O)c1cc(NN)c(F)cc1Cl.Cl. The molecule has 16 heavy (non-hydrogen) atoms. The molecule has 0 spiro atoms. The van der Waals surface area contributed by atoms with Crippen molar-refractivity contribution < 1.29 is 13.9 Å². The number of nitrogens with two attached hydrogens (primary N) is 1. The molecular weight excluding hydrogens is 258 g/mol. The van der Waals surface area contributed by atoms with Gasteiger partial charge in [0.2, 0.25) is 0 Å². The van der Waals surface area contributed by atoms with Gasteiger partial charge in [0.15, 0.2) is 0 Å².